The van der Waals surface area contributed by atoms with Crippen LogP contribution in [0, 0.1) is 18.6 Å². The Morgan fingerprint density at radius 3 is 2.59 bits per heavy atom. The number of nitrogens with zero attached hydrogens (tertiary/aromatic N) is 5. The average molecular weight is 312 g/mol. The van der Waals surface area contributed by atoms with Crippen molar-refractivity contribution in [3.05, 3.63) is 52.1 Å². The smallest absolute Gasteiger partial charge is 0.216 e. The van der Waals surface area contributed by atoms with Gasteiger partial charge in [0.2, 0.25) is 4.77 Å². The lowest BCUT2D eigenvalue weighted by molar-refractivity contribution is 0.731. The maximum atomic E-state index is 5.27. The molecule has 0 radical (unpaired) electrons. The van der Waals surface area contributed by atoms with Gasteiger partial charge in [0.25, 0.3) is 0 Å². The Morgan fingerprint density at radius 1 is 1.23 bits per heavy atom. The summed E-state index contributed by atoms with van der Waals surface area (Å²) < 4.78 is 3.91. The number of aryl methyl sites for hydroxylation is 2. The molecule has 0 aliphatic carbocycles. The maximum Gasteiger partial charge on any atom is 0.216 e. The highest BCUT2D eigenvalue weighted by molar-refractivity contribution is 7.71. The van der Waals surface area contributed by atoms with Crippen LogP contribution in [0.5, 0.6) is 0 Å². The number of aromatic nitrogens is 5. The molecule has 1 aromatic carbocycles. The number of rotatable bonds is 3. The molecule has 2 heterocycles. The fourth-order valence-electron chi connectivity index (χ4n) is 2.27. The molecule has 22 heavy (non-hydrogen) atoms. The molecule has 0 saturated heterocycles. The molecular formula is C15H16N6S. The first kappa shape index (κ1) is 14.4. The van der Waals surface area contributed by atoms with Gasteiger partial charge in [-0.3, -0.25) is 4.68 Å². The van der Waals surface area contributed by atoms with Crippen LogP contribution in [-0.4, -0.2) is 30.9 Å². The van der Waals surface area contributed by atoms with Crippen LogP contribution < -0.4 is 0 Å². The first-order valence-corrected chi connectivity index (χ1v) is 7.26. The molecule has 0 amide bonds. The highest BCUT2D eigenvalue weighted by Crippen LogP contribution is 2.17. The largest absolute Gasteiger partial charge is 0.272 e. The molecule has 2 aromatic heterocycles. The molecule has 0 spiro atoms. The van der Waals surface area contributed by atoms with Crippen LogP contribution in [0.1, 0.15) is 17.0 Å². The third-order valence-electron chi connectivity index (χ3n) is 3.55. The zero-order valence-electron chi connectivity index (χ0n) is 12.6. The fraction of sp³-hybridized carbons (Fsp3) is 0.200. The van der Waals surface area contributed by atoms with E-state index in [-0.39, 0.29) is 0 Å². The van der Waals surface area contributed by atoms with Gasteiger partial charge in [-0.1, -0.05) is 30.3 Å². The molecule has 0 saturated carbocycles. The van der Waals surface area contributed by atoms with Gasteiger partial charge in [-0.2, -0.15) is 20.0 Å². The summed E-state index contributed by atoms with van der Waals surface area (Å²) in [7, 11) is 1.92. The summed E-state index contributed by atoms with van der Waals surface area (Å²) in [6.45, 7) is 3.97. The van der Waals surface area contributed by atoms with Crippen LogP contribution in [0.25, 0.3) is 11.4 Å². The topological polar surface area (TPSA) is 63.8 Å². The van der Waals surface area contributed by atoms with Crippen molar-refractivity contribution < 1.29 is 0 Å². The average Bonchev–Trinajstić information content (AvgIpc) is 2.99. The van der Waals surface area contributed by atoms with Crippen LogP contribution in [0.3, 0.4) is 0 Å². The van der Waals surface area contributed by atoms with Crippen LogP contribution in [-0.2, 0) is 7.05 Å². The molecule has 0 bridgehead atoms. The third kappa shape index (κ3) is 2.50. The normalized spacial score (nSPS) is 11.4. The van der Waals surface area contributed by atoms with Crippen LogP contribution in [0.2, 0.25) is 0 Å². The first-order valence-electron chi connectivity index (χ1n) is 6.85. The van der Waals surface area contributed by atoms with Gasteiger partial charge in [0.1, 0.15) is 0 Å². The van der Waals surface area contributed by atoms with E-state index in [0.29, 0.717) is 10.6 Å². The summed E-state index contributed by atoms with van der Waals surface area (Å²) in [5.41, 5.74) is 3.92. The van der Waals surface area contributed by atoms with E-state index in [1.165, 1.54) is 0 Å². The quantitative estimate of drug-likeness (QED) is 0.597. The predicted molar refractivity (Wildman–Crippen MR) is 88.5 cm³/mol. The zero-order chi connectivity index (χ0) is 15.7. The summed E-state index contributed by atoms with van der Waals surface area (Å²) in [5.74, 6) is 0.682. The molecule has 1 N–H and O–H groups in total. The predicted octanol–water partition coefficient (Wildman–Crippen LogP) is 2.84. The Bertz CT molecular complexity index is 885. The lowest BCUT2D eigenvalue weighted by Crippen LogP contribution is -1.97. The summed E-state index contributed by atoms with van der Waals surface area (Å²) in [6.07, 6.45) is 1.77. The second-order valence-corrected chi connectivity index (χ2v) is 5.37. The number of nitrogens with one attached hydrogen (secondary N) is 1. The van der Waals surface area contributed by atoms with E-state index >= 15 is 0 Å². The van der Waals surface area contributed by atoms with E-state index in [2.05, 4.69) is 20.4 Å². The van der Waals surface area contributed by atoms with E-state index in [1.54, 1.807) is 10.9 Å². The minimum Gasteiger partial charge on any atom is -0.272 e. The number of H-pyrrole nitrogens is 1. The Kier molecular flexibility index (Phi) is 3.72. The third-order valence-corrected chi connectivity index (χ3v) is 3.81. The molecule has 0 aliphatic rings. The monoisotopic (exact) mass is 312 g/mol. The minimum atomic E-state index is 0.453. The van der Waals surface area contributed by atoms with Crippen molar-refractivity contribution in [3.8, 4) is 11.4 Å². The molecule has 7 heteroatoms. The van der Waals surface area contributed by atoms with E-state index in [9.17, 15) is 0 Å². The van der Waals surface area contributed by atoms with Gasteiger partial charge in [0, 0.05) is 23.9 Å². The van der Waals surface area contributed by atoms with Crippen molar-refractivity contribution >= 4 is 18.4 Å². The van der Waals surface area contributed by atoms with Crippen LogP contribution >= 0.6 is 12.2 Å². The molecular weight excluding hydrogens is 296 g/mol. The van der Waals surface area contributed by atoms with Crippen LogP contribution in [0.15, 0.2) is 35.4 Å². The molecule has 112 valence electrons. The highest BCUT2D eigenvalue weighted by atomic mass is 32.1. The number of hydrogen-bond acceptors (Lipinski definition) is 4. The van der Waals surface area contributed by atoms with Gasteiger partial charge in [0.15, 0.2) is 5.82 Å². The van der Waals surface area contributed by atoms with Crippen molar-refractivity contribution in [1.82, 2.24) is 24.7 Å². The standard InChI is InChI=1S/C15H16N6S/c1-10-13(11(2)20(3)19-10)9-16-21-14(17-18-15(21)22)12-7-5-4-6-8-12/h4-9H,1-3H3,(H,18,22). The second-order valence-electron chi connectivity index (χ2n) is 4.98. The van der Waals surface area contributed by atoms with Gasteiger partial charge in [-0.15, -0.1) is 0 Å². The van der Waals surface area contributed by atoms with Gasteiger partial charge < -0.3 is 0 Å². The second kappa shape index (κ2) is 5.69. The Hall–Kier alpha value is -2.54. The SMILES string of the molecule is Cc1nn(C)c(C)c1C=Nn1c(-c2ccccc2)n[nH]c1=S. The van der Waals surface area contributed by atoms with Crippen molar-refractivity contribution in [3.63, 3.8) is 0 Å². The minimum absolute atomic E-state index is 0.453. The van der Waals surface area contributed by atoms with Gasteiger partial charge >= 0.3 is 0 Å². The van der Waals surface area contributed by atoms with Gasteiger partial charge in [0.05, 0.1) is 11.9 Å². The Balaban J connectivity index is 2.05. The number of aromatic amines is 1. The Labute approximate surface area is 133 Å². The molecule has 0 unspecified atom stereocenters. The van der Waals surface area contributed by atoms with Crippen molar-refractivity contribution in [2.24, 2.45) is 12.1 Å². The number of hydrogen-bond donors (Lipinski definition) is 1. The zero-order valence-corrected chi connectivity index (χ0v) is 13.4. The van der Waals surface area contributed by atoms with Gasteiger partial charge in [-0.05, 0) is 26.1 Å². The van der Waals surface area contributed by atoms with Crippen molar-refractivity contribution in [1.29, 1.82) is 0 Å². The van der Waals surface area contributed by atoms with Gasteiger partial charge in [-0.25, -0.2) is 5.10 Å². The molecule has 3 rings (SSSR count). The van der Waals surface area contributed by atoms with Crippen LogP contribution in [0.4, 0.5) is 0 Å². The van der Waals surface area contributed by atoms with E-state index in [0.717, 1.165) is 22.5 Å². The Morgan fingerprint density at radius 2 is 1.95 bits per heavy atom. The molecule has 6 nitrogen and oxygen atoms in total. The lowest BCUT2D eigenvalue weighted by Gasteiger charge is -2.00. The summed E-state index contributed by atoms with van der Waals surface area (Å²) in [5, 5.41) is 15.9. The molecule has 0 aliphatic heterocycles. The van der Waals surface area contributed by atoms with E-state index < -0.39 is 0 Å². The maximum absolute atomic E-state index is 5.27. The van der Waals surface area contributed by atoms with Crippen molar-refractivity contribution in [2.75, 3.05) is 0 Å². The fourth-order valence-corrected chi connectivity index (χ4v) is 2.44. The summed E-state index contributed by atoms with van der Waals surface area (Å²) >= 11 is 5.27. The lowest BCUT2D eigenvalue weighted by atomic mass is 10.2. The van der Waals surface area contributed by atoms with E-state index in [1.807, 2.05) is 55.9 Å². The highest BCUT2D eigenvalue weighted by Gasteiger charge is 2.09. The first-order chi connectivity index (χ1) is 10.6. The summed E-state index contributed by atoms with van der Waals surface area (Å²) in [4.78, 5) is 0. The summed E-state index contributed by atoms with van der Waals surface area (Å²) in [6, 6.07) is 9.81. The van der Waals surface area contributed by atoms with E-state index in [4.69, 9.17) is 12.2 Å². The molecule has 0 fully saturated rings. The molecule has 0 atom stereocenters. The number of benzene rings is 1. The van der Waals surface area contributed by atoms with Crippen molar-refractivity contribution in [2.45, 2.75) is 13.8 Å². The molecule has 3 aromatic rings.